The molecule has 0 bridgehead atoms. The van der Waals surface area contributed by atoms with Crippen molar-refractivity contribution >= 4 is 11.5 Å². The van der Waals surface area contributed by atoms with Crippen LogP contribution in [0.1, 0.15) is 20.3 Å². The van der Waals surface area contributed by atoms with Crippen LogP contribution in [-0.2, 0) is 4.79 Å². The zero-order valence-corrected chi connectivity index (χ0v) is 5.90. The molecule has 1 N–H and O–H groups in total. The molecule has 0 aromatic heterocycles. The van der Waals surface area contributed by atoms with Gasteiger partial charge in [0.15, 0.2) is 5.78 Å². The van der Waals surface area contributed by atoms with Crippen molar-refractivity contribution in [3.05, 3.63) is 6.92 Å². The fourth-order valence-corrected chi connectivity index (χ4v) is 0.479. The van der Waals surface area contributed by atoms with Crippen LogP contribution in [0.4, 0.5) is 0 Å². The summed E-state index contributed by atoms with van der Waals surface area (Å²) < 4.78 is 0. The van der Waals surface area contributed by atoms with Gasteiger partial charge in [0.2, 0.25) is 0 Å². The second-order valence-corrected chi connectivity index (χ2v) is 2.15. The van der Waals surface area contributed by atoms with Gasteiger partial charge in [-0.05, 0) is 6.42 Å². The zero-order chi connectivity index (χ0) is 7.44. The van der Waals surface area contributed by atoms with Gasteiger partial charge in [-0.2, -0.15) is 0 Å². The van der Waals surface area contributed by atoms with Crippen molar-refractivity contribution in [2.75, 3.05) is 0 Å². The molecule has 0 rings (SSSR count). The monoisotopic (exact) mass is 126 g/mol. The largest absolute Gasteiger partial charge is 0.301 e. The van der Waals surface area contributed by atoms with E-state index in [4.69, 9.17) is 5.41 Å². The Hall–Kier alpha value is -0.660. The second kappa shape index (κ2) is 3.38. The lowest BCUT2D eigenvalue weighted by Crippen LogP contribution is -2.17. The molecule has 2 heteroatoms. The maximum Gasteiger partial charge on any atom is 0.177 e. The van der Waals surface area contributed by atoms with Crippen molar-refractivity contribution in [3.8, 4) is 0 Å². The Morgan fingerprint density at radius 1 is 1.78 bits per heavy atom. The SMILES string of the molecule is [CH2]C(=O)C(=N)C(C)CC. The van der Waals surface area contributed by atoms with E-state index in [-0.39, 0.29) is 17.4 Å². The highest BCUT2D eigenvalue weighted by Gasteiger charge is 2.09. The number of Topliss-reactive ketones (excluding diaryl/α,β-unsaturated/α-hetero) is 1. The number of hydrogen-bond donors (Lipinski definition) is 1. The summed E-state index contributed by atoms with van der Waals surface area (Å²) in [5.41, 5.74) is 0.137. The molecule has 51 valence electrons. The first-order chi connectivity index (χ1) is 4.09. The molecule has 0 aromatic carbocycles. The van der Waals surface area contributed by atoms with E-state index in [1.54, 1.807) is 0 Å². The molecule has 2 nitrogen and oxygen atoms in total. The Morgan fingerprint density at radius 2 is 2.22 bits per heavy atom. The van der Waals surface area contributed by atoms with E-state index >= 15 is 0 Å². The molecule has 0 saturated carbocycles. The van der Waals surface area contributed by atoms with Crippen LogP contribution in [-0.4, -0.2) is 11.5 Å². The summed E-state index contributed by atoms with van der Waals surface area (Å²) >= 11 is 0. The first-order valence-corrected chi connectivity index (χ1v) is 3.04. The normalized spacial score (nSPS) is 12.8. The first-order valence-electron chi connectivity index (χ1n) is 3.04. The number of nitrogens with one attached hydrogen (secondary N) is 1. The number of carbonyl (C=O) groups excluding carboxylic acids is 1. The minimum Gasteiger partial charge on any atom is -0.301 e. The molecule has 1 radical (unpaired) electrons. The Labute approximate surface area is 55.8 Å². The van der Waals surface area contributed by atoms with E-state index < -0.39 is 0 Å². The molecule has 1 unspecified atom stereocenters. The molecule has 0 aromatic rings. The smallest absolute Gasteiger partial charge is 0.177 e. The van der Waals surface area contributed by atoms with Crippen molar-refractivity contribution in [2.45, 2.75) is 20.3 Å². The average molecular weight is 126 g/mol. The molecule has 0 amide bonds. The lowest BCUT2D eigenvalue weighted by molar-refractivity contribution is -0.109. The van der Waals surface area contributed by atoms with Gasteiger partial charge in [0, 0.05) is 12.8 Å². The molecule has 0 fully saturated rings. The van der Waals surface area contributed by atoms with Crippen LogP contribution >= 0.6 is 0 Å². The lowest BCUT2D eigenvalue weighted by Gasteiger charge is -2.04. The van der Waals surface area contributed by atoms with E-state index in [9.17, 15) is 4.79 Å². The first kappa shape index (κ1) is 8.34. The van der Waals surface area contributed by atoms with E-state index in [0.29, 0.717) is 0 Å². The van der Waals surface area contributed by atoms with Crippen LogP contribution in [0.3, 0.4) is 0 Å². The standard InChI is InChI=1S/C7H12NO/c1-4-5(2)7(8)6(3)9/h5,8H,3-4H2,1-2H3. The number of carbonyl (C=O) groups is 1. The summed E-state index contributed by atoms with van der Waals surface area (Å²) in [5.74, 6) is -0.292. The Kier molecular flexibility index (Phi) is 3.13. The lowest BCUT2D eigenvalue weighted by atomic mass is 10.0. The zero-order valence-electron chi connectivity index (χ0n) is 5.90. The van der Waals surface area contributed by atoms with Gasteiger partial charge in [0.25, 0.3) is 0 Å². The third-order valence-electron chi connectivity index (χ3n) is 1.41. The number of rotatable bonds is 3. The molecule has 0 heterocycles. The number of ketones is 1. The summed E-state index contributed by atoms with van der Waals surface area (Å²) in [7, 11) is 0. The third-order valence-corrected chi connectivity index (χ3v) is 1.41. The molecule has 0 aliphatic carbocycles. The van der Waals surface area contributed by atoms with Crippen molar-refractivity contribution < 1.29 is 4.79 Å². The minimum absolute atomic E-state index is 0.0648. The highest BCUT2D eigenvalue weighted by atomic mass is 16.1. The van der Waals surface area contributed by atoms with Gasteiger partial charge in [0.1, 0.15) is 0 Å². The van der Waals surface area contributed by atoms with Gasteiger partial charge in [-0.15, -0.1) is 0 Å². The second-order valence-electron chi connectivity index (χ2n) is 2.15. The van der Waals surface area contributed by atoms with Gasteiger partial charge in [-0.1, -0.05) is 13.8 Å². The predicted octanol–water partition coefficient (Wildman–Crippen LogP) is 1.46. The fraction of sp³-hybridized carbons (Fsp3) is 0.571. The highest BCUT2D eigenvalue weighted by molar-refractivity contribution is 6.40. The van der Waals surface area contributed by atoms with Crippen LogP contribution in [0.15, 0.2) is 0 Å². The molecule has 1 atom stereocenters. The van der Waals surface area contributed by atoms with Crippen LogP contribution in [0, 0.1) is 18.3 Å². The Morgan fingerprint density at radius 3 is 2.33 bits per heavy atom. The number of hydrogen-bond acceptors (Lipinski definition) is 2. The Balaban J connectivity index is 3.88. The maximum absolute atomic E-state index is 10.4. The van der Waals surface area contributed by atoms with Crippen LogP contribution in [0.2, 0.25) is 0 Å². The topological polar surface area (TPSA) is 40.9 Å². The van der Waals surface area contributed by atoms with E-state index in [0.717, 1.165) is 6.42 Å². The molecular formula is C7H12NO. The van der Waals surface area contributed by atoms with Gasteiger partial charge >= 0.3 is 0 Å². The summed E-state index contributed by atoms with van der Waals surface area (Å²) in [4.78, 5) is 10.4. The van der Waals surface area contributed by atoms with Crippen molar-refractivity contribution in [3.63, 3.8) is 0 Å². The highest BCUT2D eigenvalue weighted by Crippen LogP contribution is 2.02. The quantitative estimate of drug-likeness (QED) is 0.571. The fourth-order valence-electron chi connectivity index (χ4n) is 0.479. The molecule has 9 heavy (non-hydrogen) atoms. The van der Waals surface area contributed by atoms with Gasteiger partial charge in [0.05, 0.1) is 5.71 Å². The maximum atomic E-state index is 10.4. The van der Waals surface area contributed by atoms with Crippen LogP contribution < -0.4 is 0 Å². The van der Waals surface area contributed by atoms with Crippen LogP contribution in [0.5, 0.6) is 0 Å². The molecular weight excluding hydrogens is 114 g/mol. The van der Waals surface area contributed by atoms with Crippen molar-refractivity contribution in [1.82, 2.24) is 0 Å². The molecule has 0 aliphatic rings. The van der Waals surface area contributed by atoms with Gasteiger partial charge in [-0.25, -0.2) is 0 Å². The predicted molar refractivity (Wildman–Crippen MR) is 37.5 cm³/mol. The van der Waals surface area contributed by atoms with Crippen molar-refractivity contribution in [2.24, 2.45) is 5.92 Å². The van der Waals surface area contributed by atoms with Gasteiger partial charge < -0.3 is 5.41 Å². The molecule has 0 saturated heterocycles. The third kappa shape index (κ3) is 2.40. The van der Waals surface area contributed by atoms with Crippen molar-refractivity contribution in [1.29, 1.82) is 5.41 Å². The summed E-state index contributed by atoms with van der Waals surface area (Å²) in [6.45, 7) is 6.94. The Bertz CT molecular complexity index is 129. The van der Waals surface area contributed by atoms with E-state index in [2.05, 4.69) is 6.92 Å². The molecule has 0 aliphatic heterocycles. The summed E-state index contributed by atoms with van der Waals surface area (Å²) in [6, 6.07) is 0. The van der Waals surface area contributed by atoms with E-state index in [1.165, 1.54) is 0 Å². The van der Waals surface area contributed by atoms with E-state index in [1.807, 2.05) is 13.8 Å². The average Bonchev–Trinajstić information content (AvgIpc) is 1.84. The summed E-state index contributed by atoms with van der Waals surface area (Å²) in [6.07, 6.45) is 0.833. The van der Waals surface area contributed by atoms with Gasteiger partial charge in [-0.3, -0.25) is 4.79 Å². The minimum atomic E-state index is -0.357. The van der Waals surface area contributed by atoms with Crippen LogP contribution in [0.25, 0.3) is 0 Å². The summed E-state index contributed by atoms with van der Waals surface area (Å²) in [5, 5.41) is 7.14. The molecule has 0 spiro atoms.